The van der Waals surface area contributed by atoms with Gasteiger partial charge in [-0.15, -0.1) is 0 Å². The second-order valence-electron chi connectivity index (χ2n) is 5.89. The highest BCUT2D eigenvalue weighted by molar-refractivity contribution is 6.31. The number of nitrogens with one attached hydrogen (secondary N) is 1. The summed E-state index contributed by atoms with van der Waals surface area (Å²) in [7, 11) is 0. The van der Waals surface area contributed by atoms with E-state index in [1.54, 1.807) is 12.1 Å². The van der Waals surface area contributed by atoms with Gasteiger partial charge in [-0.3, -0.25) is 4.79 Å². The Morgan fingerprint density at radius 1 is 1.20 bits per heavy atom. The third kappa shape index (κ3) is 4.45. The first kappa shape index (κ1) is 17.2. The van der Waals surface area contributed by atoms with Crippen LogP contribution in [0.4, 0.5) is 5.69 Å². The minimum atomic E-state index is -0.124. The maximum absolute atomic E-state index is 12.1. The maximum atomic E-state index is 12.1. The van der Waals surface area contributed by atoms with Crippen LogP contribution in [0.5, 0.6) is 0 Å². The third-order valence-electron chi connectivity index (χ3n) is 3.78. The SMILES string of the molecule is Cc1cccc(-c2noc(CCC(=O)Nc3cc(Cl)ccc3C)n2)c1. The lowest BCUT2D eigenvalue weighted by Gasteiger charge is -2.08. The van der Waals surface area contributed by atoms with Crippen LogP contribution in [0, 0.1) is 13.8 Å². The molecule has 0 unspecified atom stereocenters. The molecular formula is C19H18ClN3O2. The normalized spacial score (nSPS) is 10.7. The first-order valence-corrected chi connectivity index (χ1v) is 8.35. The minimum Gasteiger partial charge on any atom is -0.339 e. The molecule has 1 heterocycles. The van der Waals surface area contributed by atoms with Crippen LogP contribution in [0.3, 0.4) is 0 Å². The molecule has 2 aromatic carbocycles. The van der Waals surface area contributed by atoms with Gasteiger partial charge in [0.05, 0.1) is 0 Å². The van der Waals surface area contributed by atoms with Gasteiger partial charge >= 0.3 is 0 Å². The van der Waals surface area contributed by atoms with E-state index in [0.717, 1.165) is 16.7 Å². The fourth-order valence-corrected chi connectivity index (χ4v) is 2.59. The number of anilines is 1. The van der Waals surface area contributed by atoms with Gasteiger partial charge in [0.25, 0.3) is 0 Å². The number of benzene rings is 2. The Hall–Kier alpha value is -2.66. The summed E-state index contributed by atoms with van der Waals surface area (Å²) in [6.45, 7) is 3.92. The largest absolute Gasteiger partial charge is 0.339 e. The van der Waals surface area contributed by atoms with Gasteiger partial charge in [0.15, 0.2) is 0 Å². The zero-order valence-corrected chi connectivity index (χ0v) is 14.8. The van der Waals surface area contributed by atoms with Crippen molar-refractivity contribution in [1.29, 1.82) is 0 Å². The summed E-state index contributed by atoms with van der Waals surface area (Å²) in [4.78, 5) is 16.5. The lowest BCUT2D eigenvalue weighted by molar-refractivity contribution is -0.116. The number of nitrogens with zero attached hydrogens (tertiary/aromatic N) is 2. The predicted octanol–water partition coefficient (Wildman–Crippen LogP) is 4.58. The van der Waals surface area contributed by atoms with E-state index in [4.69, 9.17) is 16.1 Å². The molecule has 0 atom stereocenters. The molecule has 0 fully saturated rings. The van der Waals surface area contributed by atoms with E-state index in [0.29, 0.717) is 28.8 Å². The van der Waals surface area contributed by atoms with Crippen LogP contribution in [-0.4, -0.2) is 16.0 Å². The molecule has 0 aliphatic carbocycles. The van der Waals surface area contributed by atoms with Crippen molar-refractivity contribution in [2.24, 2.45) is 0 Å². The molecule has 0 aliphatic heterocycles. The fraction of sp³-hybridized carbons (Fsp3) is 0.211. The van der Waals surface area contributed by atoms with Crippen LogP contribution in [-0.2, 0) is 11.2 Å². The van der Waals surface area contributed by atoms with Crippen LogP contribution in [0.15, 0.2) is 47.0 Å². The zero-order chi connectivity index (χ0) is 17.8. The summed E-state index contributed by atoms with van der Waals surface area (Å²) in [5, 5.41) is 7.42. The minimum absolute atomic E-state index is 0.124. The summed E-state index contributed by atoms with van der Waals surface area (Å²) in [5.41, 5.74) is 3.69. The molecule has 6 heteroatoms. The Kier molecular flexibility index (Phi) is 5.14. The van der Waals surface area contributed by atoms with E-state index >= 15 is 0 Å². The fourth-order valence-electron chi connectivity index (χ4n) is 2.42. The van der Waals surface area contributed by atoms with Crippen molar-refractivity contribution in [3.63, 3.8) is 0 Å². The number of aromatic nitrogens is 2. The smallest absolute Gasteiger partial charge is 0.227 e. The topological polar surface area (TPSA) is 68.0 Å². The molecule has 0 radical (unpaired) electrons. The molecular weight excluding hydrogens is 338 g/mol. The number of amides is 1. The van der Waals surface area contributed by atoms with Gasteiger partial charge in [-0.2, -0.15) is 4.98 Å². The molecule has 1 amide bonds. The summed E-state index contributed by atoms with van der Waals surface area (Å²) in [6.07, 6.45) is 0.631. The molecule has 0 saturated carbocycles. The molecule has 0 aliphatic rings. The first-order chi connectivity index (χ1) is 12.0. The van der Waals surface area contributed by atoms with Gasteiger partial charge in [0.2, 0.25) is 17.6 Å². The number of aryl methyl sites for hydroxylation is 3. The highest BCUT2D eigenvalue weighted by Gasteiger charge is 2.11. The highest BCUT2D eigenvalue weighted by atomic mass is 35.5. The number of carbonyl (C=O) groups excluding carboxylic acids is 1. The lowest BCUT2D eigenvalue weighted by Crippen LogP contribution is -2.13. The molecule has 25 heavy (non-hydrogen) atoms. The van der Waals surface area contributed by atoms with Gasteiger partial charge in [-0.1, -0.05) is 46.6 Å². The Labute approximate surface area is 151 Å². The van der Waals surface area contributed by atoms with E-state index < -0.39 is 0 Å². The monoisotopic (exact) mass is 355 g/mol. The molecule has 0 saturated heterocycles. The van der Waals surface area contributed by atoms with Crippen molar-refractivity contribution in [3.8, 4) is 11.4 Å². The quantitative estimate of drug-likeness (QED) is 0.727. The predicted molar refractivity (Wildman–Crippen MR) is 97.6 cm³/mol. The molecule has 0 spiro atoms. The molecule has 3 aromatic rings. The summed E-state index contributed by atoms with van der Waals surface area (Å²) in [6, 6.07) is 13.3. The van der Waals surface area contributed by atoms with Crippen molar-refractivity contribution in [1.82, 2.24) is 10.1 Å². The standard InChI is InChI=1S/C19H18ClN3O2/c1-12-4-3-5-14(10-12)19-22-18(25-23-19)9-8-17(24)21-16-11-15(20)7-6-13(16)2/h3-7,10-11H,8-9H2,1-2H3,(H,21,24). The maximum Gasteiger partial charge on any atom is 0.227 e. The number of halogens is 1. The van der Waals surface area contributed by atoms with Crippen LogP contribution < -0.4 is 5.32 Å². The molecule has 0 bridgehead atoms. The summed E-state index contributed by atoms with van der Waals surface area (Å²) < 4.78 is 5.24. The molecule has 1 N–H and O–H groups in total. The van der Waals surface area contributed by atoms with Crippen LogP contribution in [0.1, 0.15) is 23.4 Å². The van der Waals surface area contributed by atoms with Crippen molar-refractivity contribution >= 4 is 23.2 Å². The lowest BCUT2D eigenvalue weighted by atomic mass is 10.1. The highest BCUT2D eigenvalue weighted by Crippen LogP contribution is 2.21. The summed E-state index contributed by atoms with van der Waals surface area (Å²) >= 11 is 5.96. The molecule has 1 aromatic heterocycles. The first-order valence-electron chi connectivity index (χ1n) is 7.97. The van der Waals surface area contributed by atoms with Crippen LogP contribution >= 0.6 is 11.6 Å². The van der Waals surface area contributed by atoms with E-state index in [2.05, 4.69) is 15.5 Å². The van der Waals surface area contributed by atoms with Gasteiger partial charge in [0, 0.05) is 29.1 Å². The Morgan fingerprint density at radius 2 is 2.04 bits per heavy atom. The van der Waals surface area contributed by atoms with Crippen molar-refractivity contribution < 1.29 is 9.32 Å². The van der Waals surface area contributed by atoms with Crippen molar-refractivity contribution in [2.75, 3.05) is 5.32 Å². The average molecular weight is 356 g/mol. The second kappa shape index (κ2) is 7.49. The van der Waals surface area contributed by atoms with Gasteiger partial charge in [-0.05, 0) is 37.6 Å². The number of carbonyl (C=O) groups is 1. The number of hydrogen-bond acceptors (Lipinski definition) is 4. The average Bonchev–Trinajstić information content (AvgIpc) is 3.05. The Bertz CT molecular complexity index is 905. The van der Waals surface area contributed by atoms with E-state index in [-0.39, 0.29) is 12.3 Å². The Morgan fingerprint density at radius 3 is 2.84 bits per heavy atom. The summed E-state index contributed by atoms with van der Waals surface area (Å²) in [5.74, 6) is 0.847. The van der Waals surface area contributed by atoms with Gasteiger partial charge < -0.3 is 9.84 Å². The second-order valence-corrected chi connectivity index (χ2v) is 6.33. The number of rotatable bonds is 5. The third-order valence-corrected chi connectivity index (χ3v) is 4.02. The molecule has 128 valence electrons. The van der Waals surface area contributed by atoms with Gasteiger partial charge in [0.1, 0.15) is 0 Å². The van der Waals surface area contributed by atoms with E-state index in [1.165, 1.54) is 0 Å². The molecule has 3 rings (SSSR count). The van der Waals surface area contributed by atoms with Gasteiger partial charge in [-0.25, -0.2) is 0 Å². The van der Waals surface area contributed by atoms with Crippen LogP contribution in [0.2, 0.25) is 5.02 Å². The number of hydrogen-bond donors (Lipinski definition) is 1. The van der Waals surface area contributed by atoms with Crippen molar-refractivity contribution in [3.05, 3.63) is 64.5 Å². The van der Waals surface area contributed by atoms with Crippen molar-refractivity contribution in [2.45, 2.75) is 26.7 Å². The van der Waals surface area contributed by atoms with E-state index in [9.17, 15) is 4.79 Å². The Balaban J connectivity index is 1.60. The molecule has 5 nitrogen and oxygen atoms in total. The van der Waals surface area contributed by atoms with Crippen LogP contribution in [0.25, 0.3) is 11.4 Å². The van der Waals surface area contributed by atoms with E-state index in [1.807, 2.05) is 44.2 Å². The zero-order valence-electron chi connectivity index (χ0n) is 14.0.